The Kier molecular flexibility index (Phi) is 5.59. The molecule has 1 rings (SSSR count). The van der Waals surface area contributed by atoms with E-state index in [0.717, 1.165) is 5.69 Å². The Morgan fingerprint density at radius 2 is 1.47 bits per heavy atom. The molecule has 0 fully saturated rings. The van der Waals surface area contributed by atoms with Gasteiger partial charge in [-0.1, -0.05) is 59.7 Å². The Hall–Kier alpha value is -1.31. The lowest BCUT2D eigenvalue weighted by Gasteiger charge is -2.20. The lowest BCUT2D eigenvalue weighted by atomic mass is 9.92. The molecule has 0 unspecified atom stereocenters. The summed E-state index contributed by atoms with van der Waals surface area (Å²) in [6.07, 6.45) is 0.573. The molecule has 0 radical (unpaired) electrons. The van der Waals surface area contributed by atoms with Crippen molar-refractivity contribution in [3.05, 3.63) is 29.3 Å². The van der Waals surface area contributed by atoms with Crippen molar-refractivity contribution in [3.8, 4) is 0 Å². The van der Waals surface area contributed by atoms with Gasteiger partial charge in [0.25, 0.3) is 0 Å². The number of benzene rings is 1. The quantitative estimate of drug-likeness (QED) is 0.801. The van der Waals surface area contributed by atoms with Crippen molar-refractivity contribution in [2.45, 2.75) is 59.8 Å². The number of carbonyl (C=O) groups excluding carboxylic acids is 1. The highest BCUT2D eigenvalue weighted by Gasteiger charge is 2.16. The van der Waals surface area contributed by atoms with Crippen LogP contribution in [0.2, 0.25) is 0 Å². The number of carbonyl (C=O) groups is 1. The van der Waals surface area contributed by atoms with E-state index in [1.54, 1.807) is 0 Å². The van der Waals surface area contributed by atoms with Crippen LogP contribution in [-0.2, 0) is 4.79 Å². The average Bonchev–Trinajstić information content (AvgIpc) is 2.27. The Bertz CT molecular complexity index is 407. The number of hydrogen-bond acceptors (Lipinski definition) is 1. The van der Waals surface area contributed by atoms with E-state index in [1.807, 2.05) is 0 Å². The summed E-state index contributed by atoms with van der Waals surface area (Å²) in [7, 11) is 0. The van der Waals surface area contributed by atoms with Crippen LogP contribution in [0.4, 0.5) is 5.69 Å². The largest absolute Gasteiger partial charge is 0.326 e. The van der Waals surface area contributed by atoms with Gasteiger partial charge in [0.05, 0.1) is 0 Å². The van der Waals surface area contributed by atoms with Crippen molar-refractivity contribution in [3.63, 3.8) is 0 Å². The second-order valence-corrected chi connectivity index (χ2v) is 6.27. The number of anilines is 1. The summed E-state index contributed by atoms with van der Waals surface area (Å²) in [6, 6.07) is 6.31. The maximum atomic E-state index is 12.1. The number of para-hydroxylation sites is 1. The van der Waals surface area contributed by atoms with Crippen LogP contribution in [0.25, 0.3) is 0 Å². The van der Waals surface area contributed by atoms with Gasteiger partial charge in [-0.3, -0.25) is 4.79 Å². The summed E-state index contributed by atoms with van der Waals surface area (Å²) in [5, 5.41) is 3.13. The van der Waals surface area contributed by atoms with Gasteiger partial charge in [-0.05, 0) is 28.9 Å². The second kappa shape index (κ2) is 6.74. The van der Waals surface area contributed by atoms with Gasteiger partial charge in [0, 0.05) is 12.1 Å². The zero-order chi connectivity index (χ0) is 14.6. The van der Waals surface area contributed by atoms with E-state index in [-0.39, 0.29) is 5.91 Å². The Balaban J connectivity index is 3.11. The molecule has 0 atom stereocenters. The summed E-state index contributed by atoms with van der Waals surface area (Å²) >= 11 is 0. The predicted octanol–water partition coefficient (Wildman–Crippen LogP) is 4.92. The molecule has 0 aliphatic carbocycles. The van der Waals surface area contributed by atoms with Gasteiger partial charge < -0.3 is 5.32 Å². The molecular weight excluding hydrogens is 234 g/mol. The normalized spacial score (nSPS) is 11.4. The lowest BCUT2D eigenvalue weighted by molar-refractivity contribution is -0.116. The van der Waals surface area contributed by atoms with Crippen molar-refractivity contribution in [2.75, 3.05) is 5.32 Å². The molecule has 0 heterocycles. The fraction of sp³-hybridized carbons (Fsp3) is 0.588. The number of amides is 1. The van der Waals surface area contributed by atoms with Crippen molar-refractivity contribution in [2.24, 2.45) is 5.92 Å². The van der Waals surface area contributed by atoms with E-state index in [1.165, 1.54) is 11.1 Å². The molecule has 0 bridgehead atoms. The monoisotopic (exact) mass is 261 g/mol. The molecule has 2 nitrogen and oxygen atoms in total. The van der Waals surface area contributed by atoms with Gasteiger partial charge >= 0.3 is 0 Å². The van der Waals surface area contributed by atoms with Crippen molar-refractivity contribution >= 4 is 11.6 Å². The van der Waals surface area contributed by atoms with Crippen molar-refractivity contribution in [1.29, 1.82) is 0 Å². The zero-order valence-corrected chi connectivity index (χ0v) is 13.1. The van der Waals surface area contributed by atoms with E-state index < -0.39 is 0 Å². The molecule has 0 spiro atoms. The summed E-state index contributed by atoms with van der Waals surface area (Å²) in [5.74, 6) is 1.32. The van der Waals surface area contributed by atoms with Crippen LogP contribution < -0.4 is 5.32 Å². The summed E-state index contributed by atoms with van der Waals surface area (Å²) in [6.45, 7) is 12.8. The molecular formula is C17H27NO. The first-order valence-corrected chi connectivity index (χ1v) is 7.25. The molecule has 0 aliphatic heterocycles. The second-order valence-electron chi connectivity index (χ2n) is 6.27. The Labute approximate surface area is 117 Å². The summed E-state index contributed by atoms with van der Waals surface area (Å²) < 4.78 is 0. The van der Waals surface area contributed by atoms with Crippen LogP contribution in [0.15, 0.2) is 18.2 Å². The van der Waals surface area contributed by atoms with Crippen LogP contribution >= 0.6 is 0 Å². The third kappa shape index (κ3) is 4.38. The van der Waals surface area contributed by atoms with Crippen LogP contribution in [0, 0.1) is 5.92 Å². The molecule has 1 amide bonds. The minimum Gasteiger partial charge on any atom is -0.326 e. The van der Waals surface area contributed by atoms with Gasteiger partial charge in [0.1, 0.15) is 0 Å². The van der Waals surface area contributed by atoms with Gasteiger partial charge in [-0.15, -0.1) is 0 Å². The first kappa shape index (κ1) is 15.7. The number of hydrogen-bond donors (Lipinski definition) is 1. The van der Waals surface area contributed by atoms with Gasteiger partial charge in [0.2, 0.25) is 5.91 Å². The summed E-state index contributed by atoms with van der Waals surface area (Å²) in [5.41, 5.74) is 3.48. The van der Waals surface area contributed by atoms with Gasteiger partial charge in [0.15, 0.2) is 0 Å². The minimum atomic E-state index is 0.116. The molecule has 1 N–H and O–H groups in total. The standard InChI is InChI=1S/C17H27NO/c1-11(2)10-16(19)18-17-14(12(3)4)8-7-9-15(17)13(5)6/h7-9,11-13H,10H2,1-6H3,(H,18,19). The Morgan fingerprint density at radius 1 is 1.00 bits per heavy atom. The number of nitrogens with one attached hydrogen (secondary N) is 1. The van der Waals surface area contributed by atoms with Crippen LogP contribution in [0.5, 0.6) is 0 Å². The highest BCUT2D eigenvalue weighted by molar-refractivity contribution is 5.92. The van der Waals surface area contributed by atoms with E-state index in [9.17, 15) is 4.79 Å². The zero-order valence-electron chi connectivity index (χ0n) is 13.1. The highest BCUT2D eigenvalue weighted by Crippen LogP contribution is 2.32. The van der Waals surface area contributed by atoms with Crippen LogP contribution in [-0.4, -0.2) is 5.91 Å². The molecule has 106 valence electrons. The third-order valence-electron chi connectivity index (χ3n) is 3.23. The molecule has 1 aromatic carbocycles. The van der Waals surface area contributed by atoms with E-state index in [4.69, 9.17) is 0 Å². The van der Waals surface area contributed by atoms with Gasteiger partial charge in [-0.2, -0.15) is 0 Å². The molecule has 0 aliphatic rings. The smallest absolute Gasteiger partial charge is 0.224 e. The maximum absolute atomic E-state index is 12.1. The van der Waals surface area contributed by atoms with Crippen molar-refractivity contribution < 1.29 is 4.79 Å². The van der Waals surface area contributed by atoms with E-state index in [2.05, 4.69) is 65.1 Å². The predicted molar refractivity (Wildman–Crippen MR) is 82.7 cm³/mol. The Morgan fingerprint density at radius 3 is 1.84 bits per heavy atom. The van der Waals surface area contributed by atoms with E-state index in [0.29, 0.717) is 24.2 Å². The SMILES string of the molecule is CC(C)CC(=O)Nc1c(C(C)C)cccc1C(C)C. The fourth-order valence-corrected chi connectivity index (χ4v) is 2.26. The number of rotatable bonds is 5. The maximum Gasteiger partial charge on any atom is 0.224 e. The van der Waals surface area contributed by atoms with Crippen LogP contribution in [0.3, 0.4) is 0 Å². The molecule has 0 aromatic heterocycles. The fourth-order valence-electron chi connectivity index (χ4n) is 2.26. The molecule has 1 aromatic rings. The topological polar surface area (TPSA) is 29.1 Å². The summed E-state index contributed by atoms with van der Waals surface area (Å²) in [4.78, 5) is 12.1. The third-order valence-corrected chi connectivity index (χ3v) is 3.23. The first-order chi connectivity index (χ1) is 8.82. The van der Waals surface area contributed by atoms with Gasteiger partial charge in [-0.25, -0.2) is 0 Å². The molecule has 2 heteroatoms. The molecule has 0 saturated carbocycles. The lowest BCUT2D eigenvalue weighted by Crippen LogP contribution is -2.17. The highest BCUT2D eigenvalue weighted by atomic mass is 16.1. The van der Waals surface area contributed by atoms with E-state index >= 15 is 0 Å². The molecule has 19 heavy (non-hydrogen) atoms. The minimum absolute atomic E-state index is 0.116. The van der Waals surface area contributed by atoms with Crippen molar-refractivity contribution in [1.82, 2.24) is 0 Å². The first-order valence-electron chi connectivity index (χ1n) is 7.25. The van der Waals surface area contributed by atoms with Crippen LogP contribution in [0.1, 0.15) is 70.9 Å². The molecule has 0 saturated heterocycles. The average molecular weight is 261 g/mol.